The molecule has 0 fully saturated rings. The Kier molecular flexibility index (Phi) is 5.96. The summed E-state index contributed by atoms with van der Waals surface area (Å²) in [6, 6.07) is 10.7. The lowest BCUT2D eigenvalue weighted by atomic mass is 10.2. The van der Waals surface area contributed by atoms with E-state index in [1.165, 1.54) is 6.07 Å². The molecule has 0 aliphatic carbocycles. The van der Waals surface area contributed by atoms with E-state index in [1.54, 1.807) is 43.3 Å². The first kappa shape index (κ1) is 17.2. The number of carbonyl (C=O) groups is 1. The fourth-order valence-electron chi connectivity index (χ4n) is 1.95. The molecule has 0 aromatic heterocycles. The van der Waals surface area contributed by atoms with Gasteiger partial charge in [0.15, 0.2) is 0 Å². The second kappa shape index (κ2) is 7.94. The molecule has 0 aliphatic rings. The Hall–Kier alpha value is -2.11. The molecule has 122 valence electrons. The van der Waals surface area contributed by atoms with Gasteiger partial charge in [-0.3, -0.25) is 4.79 Å². The highest BCUT2D eigenvalue weighted by Gasteiger charge is 2.12. The van der Waals surface area contributed by atoms with E-state index < -0.39 is 12.0 Å². The average molecular weight is 338 g/mol. The summed E-state index contributed by atoms with van der Waals surface area (Å²) in [5, 5.41) is 12.3. The topological polar surface area (TPSA) is 58.6 Å². The molecule has 1 unspecified atom stereocenters. The van der Waals surface area contributed by atoms with E-state index >= 15 is 0 Å². The molecule has 0 amide bonds. The van der Waals surface area contributed by atoms with Crippen molar-refractivity contribution in [3.05, 3.63) is 64.4 Å². The lowest BCUT2D eigenvalue weighted by molar-refractivity contribution is -0.139. The van der Waals surface area contributed by atoms with Gasteiger partial charge >= 0.3 is 5.97 Å². The van der Waals surface area contributed by atoms with Crippen molar-refractivity contribution in [1.82, 2.24) is 5.32 Å². The van der Waals surface area contributed by atoms with Crippen LogP contribution in [0.5, 0.6) is 5.75 Å². The largest absolute Gasteiger partial charge is 0.488 e. The summed E-state index contributed by atoms with van der Waals surface area (Å²) in [4.78, 5) is 10.9. The Labute approximate surface area is 138 Å². The maximum atomic E-state index is 13.6. The van der Waals surface area contributed by atoms with Crippen LogP contribution in [0.4, 0.5) is 4.39 Å². The summed E-state index contributed by atoms with van der Waals surface area (Å²) in [7, 11) is 0. The molecule has 0 spiro atoms. The number of carboxylic acid groups (broad SMARTS) is 1. The molecule has 2 aromatic carbocycles. The lowest BCUT2D eigenvalue weighted by Crippen LogP contribution is -2.33. The molecular formula is C17H17ClFNO3. The number of aliphatic carboxylic acids is 1. The van der Waals surface area contributed by atoms with Gasteiger partial charge in [0.1, 0.15) is 24.2 Å². The number of benzene rings is 2. The monoisotopic (exact) mass is 337 g/mol. The molecule has 6 heteroatoms. The predicted molar refractivity (Wildman–Crippen MR) is 86.1 cm³/mol. The van der Waals surface area contributed by atoms with Gasteiger partial charge in [-0.25, -0.2) is 4.39 Å². The Morgan fingerprint density at radius 3 is 2.74 bits per heavy atom. The van der Waals surface area contributed by atoms with E-state index in [4.69, 9.17) is 21.4 Å². The fourth-order valence-corrected chi connectivity index (χ4v) is 2.14. The first-order chi connectivity index (χ1) is 11.0. The van der Waals surface area contributed by atoms with Crippen LogP contribution in [0.15, 0.2) is 42.5 Å². The van der Waals surface area contributed by atoms with E-state index in [0.717, 1.165) is 0 Å². The zero-order valence-electron chi connectivity index (χ0n) is 12.6. The molecule has 0 saturated heterocycles. The minimum Gasteiger partial charge on any atom is -0.488 e. The van der Waals surface area contributed by atoms with Crippen molar-refractivity contribution in [2.24, 2.45) is 0 Å². The van der Waals surface area contributed by atoms with E-state index in [2.05, 4.69) is 5.32 Å². The van der Waals surface area contributed by atoms with Gasteiger partial charge in [0.25, 0.3) is 0 Å². The van der Waals surface area contributed by atoms with Crippen molar-refractivity contribution in [3.63, 3.8) is 0 Å². The SMILES string of the molecule is CC(NCc1cc(Cl)ccc1OCc1ccccc1F)C(=O)O. The van der Waals surface area contributed by atoms with Gasteiger partial charge in [-0.1, -0.05) is 29.8 Å². The summed E-state index contributed by atoms with van der Waals surface area (Å²) in [5.41, 5.74) is 1.15. The maximum Gasteiger partial charge on any atom is 0.320 e. The predicted octanol–water partition coefficient (Wildman–Crippen LogP) is 3.62. The smallest absolute Gasteiger partial charge is 0.320 e. The zero-order valence-corrected chi connectivity index (χ0v) is 13.3. The number of carboxylic acids is 1. The van der Waals surface area contributed by atoms with Gasteiger partial charge in [-0.05, 0) is 31.2 Å². The highest BCUT2D eigenvalue weighted by Crippen LogP contribution is 2.24. The fraction of sp³-hybridized carbons (Fsp3) is 0.235. The minimum absolute atomic E-state index is 0.0792. The van der Waals surface area contributed by atoms with Crippen molar-refractivity contribution < 1.29 is 19.0 Å². The second-order valence-corrected chi connectivity index (χ2v) is 5.51. The minimum atomic E-state index is -0.944. The molecule has 0 heterocycles. The summed E-state index contributed by atoms with van der Waals surface area (Å²) in [6.45, 7) is 1.91. The van der Waals surface area contributed by atoms with Crippen LogP contribution in [0, 0.1) is 5.82 Å². The Bertz CT molecular complexity index is 693. The summed E-state index contributed by atoms with van der Waals surface area (Å²) in [5.74, 6) is -0.746. The van der Waals surface area contributed by atoms with Crippen LogP contribution in [-0.4, -0.2) is 17.1 Å². The van der Waals surface area contributed by atoms with Crippen LogP contribution in [0.1, 0.15) is 18.1 Å². The highest BCUT2D eigenvalue weighted by molar-refractivity contribution is 6.30. The Balaban J connectivity index is 2.09. The van der Waals surface area contributed by atoms with Crippen molar-refractivity contribution >= 4 is 17.6 Å². The second-order valence-electron chi connectivity index (χ2n) is 5.07. The van der Waals surface area contributed by atoms with Gasteiger partial charge in [-0.2, -0.15) is 0 Å². The molecule has 0 saturated carbocycles. The van der Waals surface area contributed by atoms with Crippen LogP contribution in [0.3, 0.4) is 0 Å². The lowest BCUT2D eigenvalue weighted by Gasteiger charge is -2.14. The van der Waals surface area contributed by atoms with Crippen LogP contribution in [-0.2, 0) is 17.9 Å². The van der Waals surface area contributed by atoms with Crippen LogP contribution in [0.2, 0.25) is 5.02 Å². The summed E-state index contributed by atoms with van der Waals surface area (Å²) < 4.78 is 19.3. The first-order valence-electron chi connectivity index (χ1n) is 7.08. The first-order valence-corrected chi connectivity index (χ1v) is 7.46. The Morgan fingerprint density at radius 1 is 1.30 bits per heavy atom. The highest BCUT2D eigenvalue weighted by atomic mass is 35.5. The normalized spacial score (nSPS) is 12.0. The number of hydrogen-bond donors (Lipinski definition) is 2. The van der Waals surface area contributed by atoms with E-state index in [9.17, 15) is 9.18 Å². The number of ether oxygens (including phenoxy) is 1. The maximum absolute atomic E-state index is 13.6. The summed E-state index contributed by atoms with van der Waals surface area (Å²) in [6.07, 6.45) is 0. The Morgan fingerprint density at radius 2 is 2.04 bits per heavy atom. The average Bonchev–Trinajstić information content (AvgIpc) is 2.52. The van der Waals surface area contributed by atoms with E-state index in [1.807, 2.05) is 0 Å². The molecule has 2 aromatic rings. The van der Waals surface area contributed by atoms with Gasteiger partial charge in [-0.15, -0.1) is 0 Å². The standard InChI is InChI=1S/C17H17ClFNO3/c1-11(17(21)22)20-9-13-8-14(18)6-7-16(13)23-10-12-4-2-3-5-15(12)19/h2-8,11,20H,9-10H2,1H3,(H,21,22). The number of nitrogens with one attached hydrogen (secondary N) is 1. The molecule has 0 radical (unpaired) electrons. The molecule has 1 atom stereocenters. The molecule has 0 bridgehead atoms. The molecule has 2 N–H and O–H groups in total. The zero-order chi connectivity index (χ0) is 16.8. The third-order valence-corrected chi connectivity index (χ3v) is 3.57. The molecular weight excluding hydrogens is 321 g/mol. The van der Waals surface area contributed by atoms with Gasteiger partial charge in [0.2, 0.25) is 0 Å². The van der Waals surface area contributed by atoms with Crippen molar-refractivity contribution in [3.8, 4) is 5.75 Å². The quantitative estimate of drug-likeness (QED) is 0.810. The molecule has 0 aliphatic heterocycles. The number of halogens is 2. The molecule has 4 nitrogen and oxygen atoms in total. The number of hydrogen-bond acceptors (Lipinski definition) is 3. The molecule has 2 rings (SSSR count). The third-order valence-electron chi connectivity index (χ3n) is 3.33. The van der Waals surface area contributed by atoms with E-state index in [-0.39, 0.29) is 19.0 Å². The van der Waals surface area contributed by atoms with Crippen molar-refractivity contribution in [1.29, 1.82) is 0 Å². The number of rotatable bonds is 7. The van der Waals surface area contributed by atoms with Crippen LogP contribution < -0.4 is 10.1 Å². The van der Waals surface area contributed by atoms with Gasteiger partial charge in [0, 0.05) is 22.7 Å². The third kappa shape index (κ3) is 4.94. The van der Waals surface area contributed by atoms with Crippen molar-refractivity contribution in [2.45, 2.75) is 26.1 Å². The summed E-state index contributed by atoms with van der Waals surface area (Å²) >= 11 is 5.98. The van der Waals surface area contributed by atoms with Crippen molar-refractivity contribution in [2.75, 3.05) is 0 Å². The molecule has 23 heavy (non-hydrogen) atoms. The van der Waals surface area contributed by atoms with Crippen LogP contribution in [0.25, 0.3) is 0 Å². The van der Waals surface area contributed by atoms with Crippen LogP contribution >= 0.6 is 11.6 Å². The van der Waals surface area contributed by atoms with Gasteiger partial charge in [0.05, 0.1) is 0 Å². The van der Waals surface area contributed by atoms with E-state index in [0.29, 0.717) is 21.9 Å². The van der Waals surface area contributed by atoms with Gasteiger partial charge < -0.3 is 15.2 Å².